The normalized spacial score (nSPS) is 27.5. The molecule has 3 heterocycles. The average molecular weight is 746 g/mol. The molecule has 5 atom stereocenters. The Hall–Kier alpha value is -4.62. The predicted octanol–water partition coefficient (Wildman–Crippen LogP) is 6.64. The van der Waals surface area contributed by atoms with E-state index < -0.39 is 5.60 Å². The molecule has 0 spiro atoms. The lowest BCUT2D eigenvalue weighted by molar-refractivity contribution is -0.132. The van der Waals surface area contributed by atoms with Crippen LogP contribution in [0.2, 0.25) is 0 Å². The molecule has 1 N–H and O–H groups in total. The second kappa shape index (κ2) is 15.1. The number of anilines is 1. The topological polar surface area (TPSA) is 107 Å². The van der Waals surface area contributed by atoms with Gasteiger partial charge in [0.1, 0.15) is 17.8 Å². The molecule has 2 aliphatic heterocycles. The Morgan fingerprint density at radius 3 is 2.51 bits per heavy atom. The van der Waals surface area contributed by atoms with E-state index in [0.29, 0.717) is 81.4 Å². The van der Waals surface area contributed by atoms with Gasteiger partial charge in [0.05, 0.1) is 11.2 Å². The molecule has 2 saturated heterocycles. The number of nitrogens with zero attached hydrogens (tertiary/aromatic N) is 5. The van der Waals surface area contributed by atoms with Crippen molar-refractivity contribution in [1.29, 1.82) is 0 Å². The maximum Gasteiger partial charge on any atom is 0.415 e. The molecular formula is C45H55N5O5. The minimum atomic E-state index is -1.05. The second-order valence-corrected chi connectivity index (χ2v) is 16.8. The average Bonchev–Trinajstić information content (AvgIpc) is 3.50. The molecule has 0 bridgehead atoms. The van der Waals surface area contributed by atoms with Crippen LogP contribution in [0, 0.1) is 29.6 Å². The van der Waals surface area contributed by atoms with Crippen LogP contribution >= 0.6 is 0 Å². The molecule has 55 heavy (non-hydrogen) atoms. The fourth-order valence-corrected chi connectivity index (χ4v) is 10.7. The number of hydrogen-bond acceptors (Lipinski definition) is 7. The van der Waals surface area contributed by atoms with Crippen LogP contribution in [0.5, 0.6) is 5.75 Å². The van der Waals surface area contributed by atoms with Gasteiger partial charge in [0.15, 0.2) is 5.75 Å². The van der Waals surface area contributed by atoms with Crippen molar-refractivity contribution in [3.05, 3.63) is 65.4 Å². The first-order valence-corrected chi connectivity index (χ1v) is 20.6. The number of benzene rings is 2. The number of ether oxygens (including phenoxy) is 1. The smallest absolute Gasteiger partial charge is 0.408 e. The maximum absolute atomic E-state index is 13.8. The third kappa shape index (κ3) is 6.83. The van der Waals surface area contributed by atoms with Crippen LogP contribution in [0.1, 0.15) is 99.2 Å². The van der Waals surface area contributed by atoms with Gasteiger partial charge in [0.2, 0.25) is 5.91 Å². The zero-order valence-electron chi connectivity index (χ0n) is 32.5. The lowest BCUT2D eigenvalue weighted by Crippen LogP contribution is -2.52. The number of terminal acetylenes is 1. The van der Waals surface area contributed by atoms with E-state index in [1.54, 1.807) is 11.0 Å². The largest absolute Gasteiger partial charge is 0.415 e. The molecule has 5 aliphatic rings. The lowest BCUT2D eigenvalue weighted by atomic mass is 9.53. The van der Waals surface area contributed by atoms with Crippen molar-refractivity contribution in [2.24, 2.45) is 17.3 Å². The van der Waals surface area contributed by atoms with E-state index in [1.165, 1.54) is 11.1 Å². The first-order valence-electron chi connectivity index (χ1n) is 20.6. The minimum absolute atomic E-state index is 0.00329. The van der Waals surface area contributed by atoms with Gasteiger partial charge in [0.25, 0.3) is 5.91 Å². The summed E-state index contributed by atoms with van der Waals surface area (Å²) in [4.78, 5) is 53.1. The molecule has 8 rings (SSSR count). The summed E-state index contributed by atoms with van der Waals surface area (Å²) in [5, 5.41) is 12.5. The van der Waals surface area contributed by atoms with E-state index in [-0.39, 0.29) is 29.9 Å². The summed E-state index contributed by atoms with van der Waals surface area (Å²) in [5.74, 6) is 4.23. The third-order valence-corrected chi connectivity index (χ3v) is 13.9. The fourth-order valence-electron chi connectivity index (χ4n) is 10.7. The Balaban J connectivity index is 1.01. The number of rotatable bonds is 7. The van der Waals surface area contributed by atoms with Crippen molar-refractivity contribution in [1.82, 2.24) is 19.7 Å². The number of likely N-dealkylation sites (tertiary alicyclic amines) is 1. The van der Waals surface area contributed by atoms with Crippen molar-refractivity contribution < 1.29 is 24.2 Å². The molecule has 3 aromatic rings. The first kappa shape index (κ1) is 37.3. The van der Waals surface area contributed by atoms with E-state index in [9.17, 15) is 19.5 Å². The molecule has 4 fully saturated rings. The lowest BCUT2D eigenvalue weighted by Gasteiger charge is -2.52. The van der Waals surface area contributed by atoms with E-state index >= 15 is 0 Å². The minimum Gasteiger partial charge on any atom is -0.408 e. The van der Waals surface area contributed by atoms with Gasteiger partial charge in [0, 0.05) is 56.6 Å². The highest BCUT2D eigenvalue weighted by atomic mass is 16.6. The molecule has 3 aliphatic carbocycles. The van der Waals surface area contributed by atoms with Crippen LogP contribution < -0.4 is 9.64 Å². The quantitative estimate of drug-likeness (QED) is 0.271. The summed E-state index contributed by atoms with van der Waals surface area (Å²) in [6.07, 6.45) is 14.9. The van der Waals surface area contributed by atoms with Gasteiger partial charge >= 0.3 is 6.09 Å². The molecule has 3 amide bonds. The van der Waals surface area contributed by atoms with Gasteiger partial charge in [-0.15, -0.1) is 6.42 Å². The number of para-hydroxylation sites is 1. The van der Waals surface area contributed by atoms with Crippen LogP contribution in [-0.2, 0) is 11.2 Å². The van der Waals surface area contributed by atoms with Crippen molar-refractivity contribution in [2.75, 3.05) is 57.3 Å². The Bertz CT molecular complexity index is 2000. The van der Waals surface area contributed by atoms with Crippen LogP contribution in [0.4, 0.5) is 10.5 Å². The second-order valence-electron chi connectivity index (χ2n) is 16.8. The molecule has 1 aromatic heterocycles. The number of aryl methyl sites for hydroxylation is 1. The zero-order chi connectivity index (χ0) is 38.3. The summed E-state index contributed by atoms with van der Waals surface area (Å²) in [6, 6.07) is 15.8. The highest BCUT2D eigenvalue weighted by Gasteiger charge is 2.61. The van der Waals surface area contributed by atoms with Crippen LogP contribution in [0.25, 0.3) is 10.9 Å². The van der Waals surface area contributed by atoms with Crippen molar-refractivity contribution in [2.45, 2.75) is 89.6 Å². The van der Waals surface area contributed by atoms with Gasteiger partial charge in [-0.25, -0.2) is 9.78 Å². The summed E-state index contributed by atoms with van der Waals surface area (Å²) >= 11 is 0. The molecule has 0 radical (unpaired) electrons. The number of piperazine rings is 1. The molecule has 10 heteroatoms. The summed E-state index contributed by atoms with van der Waals surface area (Å²) < 4.78 is 6.28. The number of amides is 3. The molecule has 2 saturated carbocycles. The Labute approximate surface area is 325 Å². The van der Waals surface area contributed by atoms with E-state index in [1.807, 2.05) is 47.1 Å². The standard InChI is InChI=1S/C45H55N5O5/c1-4-21-50(42(52)38-16-14-31-11-7-8-12-37(31)46-38)30-41(51)48-26-24-47(25-27-48)39-29-35-32(28-40(39)55-43(53)49-22-9-6-10-23-49)13-15-34-33(35)17-19-44(3)36(34)18-20-45(44,54)5-2/h2,7-8,11-12,14,16,28-29,33-34,36,54H,4,6,9-10,13,15,17-27,30H2,1,3H3/t33?,34-,36?,44+,45+/m1/s1. The van der Waals surface area contributed by atoms with Crippen LogP contribution in [0.3, 0.4) is 0 Å². The number of aromatic nitrogens is 1. The molecule has 290 valence electrons. The Morgan fingerprint density at radius 2 is 1.75 bits per heavy atom. The van der Waals surface area contributed by atoms with Crippen molar-refractivity contribution in [3.8, 4) is 18.1 Å². The van der Waals surface area contributed by atoms with Crippen molar-refractivity contribution in [3.63, 3.8) is 0 Å². The van der Waals surface area contributed by atoms with E-state index in [4.69, 9.17) is 11.2 Å². The number of fused-ring (bicyclic) bond motifs is 6. The van der Waals surface area contributed by atoms with Crippen LogP contribution in [-0.4, -0.2) is 101 Å². The highest BCUT2D eigenvalue weighted by Crippen LogP contribution is 2.64. The maximum atomic E-state index is 13.8. The SMILES string of the molecule is C#C[C@]1(O)CCC2[C@@H]3CCc4cc(OC(=O)N5CCCCC5)c(N5CCN(C(=O)CN(CCC)C(=O)c6ccc7ccccc7n6)CC5)cc4C3CC[C@@]21C. The summed E-state index contributed by atoms with van der Waals surface area (Å²) in [5.41, 5.74) is 3.25. The zero-order valence-corrected chi connectivity index (χ0v) is 32.5. The van der Waals surface area contributed by atoms with Gasteiger partial charge in [-0.3, -0.25) is 9.59 Å². The molecular weight excluding hydrogens is 691 g/mol. The van der Waals surface area contributed by atoms with Crippen molar-refractivity contribution >= 4 is 34.5 Å². The van der Waals surface area contributed by atoms with Gasteiger partial charge in [-0.1, -0.05) is 44.0 Å². The number of aliphatic hydroxyl groups is 1. The Kier molecular flexibility index (Phi) is 10.3. The first-order chi connectivity index (χ1) is 26.6. The fraction of sp³-hybridized carbons (Fsp3) is 0.556. The number of hydrogen-bond donors (Lipinski definition) is 1. The highest BCUT2D eigenvalue weighted by molar-refractivity contribution is 5.97. The third-order valence-electron chi connectivity index (χ3n) is 13.9. The summed E-state index contributed by atoms with van der Waals surface area (Å²) in [7, 11) is 0. The van der Waals surface area contributed by atoms with Gasteiger partial charge in [-0.2, -0.15) is 0 Å². The summed E-state index contributed by atoms with van der Waals surface area (Å²) in [6.45, 7) is 8.25. The monoisotopic (exact) mass is 745 g/mol. The van der Waals surface area contributed by atoms with Gasteiger partial charge in [-0.05, 0) is 117 Å². The van der Waals surface area contributed by atoms with E-state index in [2.05, 4.69) is 34.9 Å². The molecule has 2 aromatic carbocycles. The predicted molar refractivity (Wildman–Crippen MR) is 213 cm³/mol. The number of piperidine rings is 1. The molecule has 2 unspecified atom stereocenters. The number of carbonyl (C=O) groups excluding carboxylic acids is 3. The number of carbonyl (C=O) groups is 3. The van der Waals surface area contributed by atoms with E-state index in [0.717, 1.165) is 74.4 Å². The van der Waals surface area contributed by atoms with Crippen LogP contribution in [0.15, 0.2) is 48.5 Å². The number of pyridine rings is 1. The molecule has 10 nitrogen and oxygen atoms in total. The van der Waals surface area contributed by atoms with Gasteiger partial charge < -0.3 is 29.4 Å². The Morgan fingerprint density at radius 1 is 0.964 bits per heavy atom.